The molecule has 1 atom stereocenters. The third-order valence-corrected chi connectivity index (χ3v) is 6.77. The van der Waals surface area contributed by atoms with Crippen molar-refractivity contribution in [3.05, 3.63) is 41.7 Å². The van der Waals surface area contributed by atoms with E-state index < -0.39 is 11.4 Å². The highest BCUT2D eigenvalue weighted by Gasteiger charge is 2.48. The van der Waals surface area contributed by atoms with Crippen molar-refractivity contribution in [2.75, 3.05) is 19.0 Å². The van der Waals surface area contributed by atoms with E-state index in [4.69, 9.17) is 4.74 Å². The van der Waals surface area contributed by atoms with Crippen LogP contribution in [-0.4, -0.2) is 57.6 Å². The summed E-state index contributed by atoms with van der Waals surface area (Å²) in [6.07, 6.45) is 5.83. The number of hydrogen-bond donors (Lipinski definition) is 2. The lowest BCUT2D eigenvalue weighted by Crippen LogP contribution is -2.65. The number of anilines is 1. The van der Waals surface area contributed by atoms with Gasteiger partial charge >= 0.3 is 0 Å². The second kappa shape index (κ2) is 9.87. The number of amides is 3. The number of carbonyl (C=O) groups is 3. The molecule has 3 amide bonds. The molecule has 0 bridgehead atoms. The van der Waals surface area contributed by atoms with Crippen LogP contribution in [0.15, 0.2) is 30.3 Å². The van der Waals surface area contributed by atoms with Crippen LogP contribution in [0.3, 0.4) is 0 Å². The fraction of sp³-hybridized carbons (Fsp3) is 0.520. The van der Waals surface area contributed by atoms with Crippen molar-refractivity contribution in [2.24, 2.45) is 0 Å². The maximum atomic E-state index is 13.5. The molecule has 1 aromatic carbocycles. The Labute approximate surface area is 199 Å². The van der Waals surface area contributed by atoms with E-state index in [2.05, 4.69) is 22.7 Å². The summed E-state index contributed by atoms with van der Waals surface area (Å²) < 4.78 is 6.70. The lowest BCUT2D eigenvalue weighted by atomic mass is 9.94. The minimum atomic E-state index is -1.07. The van der Waals surface area contributed by atoms with Crippen molar-refractivity contribution in [3.63, 3.8) is 0 Å². The third-order valence-electron chi connectivity index (χ3n) is 6.77. The molecule has 1 unspecified atom stereocenters. The van der Waals surface area contributed by atoms with Gasteiger partial charge in [-0.3, -0.25) is 19.1 Å². The predicted octanol–water partition coefficient (Wildman–Crippen LogP) is 3.22. The van der Waals surface area contributed by atoms with Crippen LogP contribution in [0.2, 0.25) is 0 Å². The first-order chi connectivity index (χ1) is 16.4. The molecule has 4 rings (SSSR count). The Bertz CT molecular complexity index is 1080. The molecule has 0 spiro atoms. The smallest absolute Gasteiger partial charge is 0.276 e. The van der Waals surface area contributed by atoms with Crippen LogP contribution >= 0.6 is 0 Å². The predicted molar refractivity (Wildman–Crippen MR) is 128 cm³/mol. The number of carbonyl (C=O) groups excluding carboxylic acids is 3. The summed E-state index contributed by atoms with van der Waals surface area (Å²) in [5.41, 5.74) is -0.0684. The quantitative estimate of drug-likeness (QED) is 0.620. The Hall–Kier alpha value is -3.36. The van der Waals surface area contributed by atoms with Gasteiger partial charge in [0.15, 0.2) is 5.69 Å². The summed E-state index contributed by atoms with van der Waals surface area (Å²) in [5, 5.41) is 10.4. The Morgan fingerprint density at radius 3 is 2.71 bits per heavy atom. The molecular formula is C25H33N5O4. The van der Waals surface area contributed by atoms with Crippen molar-refractivity contribution in [1.82, 2.24) is 20.0 Å². The van der Waals surface area contributed by atoms with Gasteiger partial charge in [-0.05, 0) is 38.3 Å². The highest BCUT2D eigenvalue weighted by Crippen LogP contribution is 2.29. The Morgan fingerprint density at radius 1 is 1.24 bits per heavy atom. The van der Waals surface area contributed by atoms with Gasteiger partial charge in [-0.1, -0.05) is 32.3 Å². The van der Waals surface area contributed by atoms with E-state index >= 15 is 0 Å². The van der Waals surface area contributed by atoms with Gasteiger partial charge < -0.3 is 20.3 Å². The monoisotopic (exact) mass is 467 g/mol. The summed E-state index contributed by atoms with van der Waals surface area (Å²) in [7, 11) is 1.56. The lowest BCUT2D eigenvalue weighted by molar-refractivity contribution is -0.133. The van der Waals surface area contributed by atoms with Crippen molar-refractivity contribution < 1.29 is 19.1 Å². The summed E-state index contributed by atoms with van der Waals surface area (Å²) in [5.74, 6) is -0.253. The Kier molecular flexibility index (Phi) is 6.90. The molecule has 9 nitrogen and oxygen atoms in total. The van der Waals surface area contributed by atoms with Crippen LogP contribution in [0.5, 0.6) is 5.75 Å². The molecule has 1 saturated carbocycles. The molecule has 2 aliphatic rings. The van der Waals surface area contributed by atoms with Crippen molar-refractivity contribution in [3.8, 4) is 5.75 Å². The topological polar surface area (TPSA) is 106 Å². The number of nitrogens with zero attached hydrogens (tertiary/aromatic N) is 3. The Balaban J connectivity index is 1.59. The molecule has 1 aliphatic carbocycles. The number of unbranched alkanes of at least 4 members (excludes halogenated alkanes) is 1. The summed E-state index contributed by atoms with van der Waals surface area (Å²) in [4.78, 5) is 41.4. The summed E-state index contributed by atoms with van der Waals surface area (Å²) >= 11 is 0. The number of ether oxygens (including phenoxy) is 1. The molecule has 2 N–H and O–H groups in total. The second-order valence-electron chi connectivity index (χ2n) is 9.30. The summed E-state index contributed by atoms with van der Waals surface area (Å²) in [6.45, 7) is 4.52. The summed E-state index contributed by atoms with van der Waals surface area (Å²) in [6, 6.07) is 8.66. The van der Waals surface area contributed by atoms with Gasteiger partial charge in [0.1, 0.15) is 17.0 Å². The first-order valence-corrected chi connectivity index (χ1v) is 12.0. The average Bonchev–Trinajstić information content (AvgIpc) is 3.49. The van der Waals surface area contributed by atoms with Crippen molar-refractivity contribution >= 4 is 23.4 Å². The number of aromatic nitrogens is 2. The van der Waals surface area contributed by atoms with Gasteiger partial charge in [0.2, 0.25) is 5.91 Å². The van der Waals surface area contributed by atoms with Gasteiger partial charge in [0.05, 0.1) is 13.7 Å². The number of methoxy groups -OCH3 is 1. The molecule has 0 saturated heterocycles. The van der Waals surface area contributed by atoms with Crippen LogP contribution < -0.4 is 15.4 Å². The lowest BCUT2D eigenvalue weighted by Gasteiger charge is -2.43. The average molecular weight is 468 g/mol. The maximum absolute atomic E-state index is 13.5. The van der Waals surface area contributed by atoms with E-state index in [1.54, 1.807) is 43.2 Å². The second-order valence-corrected chi connectivity index (χ2v) is 9.30. The zero-order valence-electron chi connectivity index (χ0n) is 20.1. The largest absolute Gasteiger partial charge is 0.497 e. The van der Waals surface area contributed by atoms with E-state index in [1.807, 2.05) is 0 Å². The van der Waals surface area contributed by atoms with Gasteiger partial charge in [-0.2, -0.15) is 5.10 Å². The standard InChI is InChI=1S/C25H33N5O4/c1-4-5-13-29-23(32)21-15-20(22(31)26-18-11-8-12-19(14-18)34-3)28-30(21)16-25(29,2)24(33)27-17-9-6-7-10-17/h8,11-12,14-15,17H,4-7,9-10,13,16H2,1-3H3,(H,26,31)(H,27,33). The number of benzene rings is 1. The molecule has 1 aromatic heterocycles. The zero-order valence-corrected chi connectivity index (χ0v) is 20.1. The molecule has 2 heterocycles. The van der Waals surface area contributed by atoms with Crippen LogP contribution in [-0.2, 0) is 11.3 Å². The number of rotatable bonds is 8. The zero-order chi connectivity index (χ0) is 24.3. The number of fused-ring (bicyclic) bond motifs is 1. The molecule has 9 heteroatoms. The SMILES string of the molecule is CCCCN1C(=O)c2cc(C(=O)Nc3cccc(OC)c3)nn2CC1(C)C(=O)NC1CCCC1. The van der Waals surface area contributed by atoms with E-state index in [0.29, 0.717) is 23.7 Å². The van der Waals surface area contributed by atoms with Crippen LogP contribution in [0.4, 0.5) is 5.69 Å². The van der Waals surface area contributed by atoms with E-state index in [-0.39, 0.29) is 30.1 Å². The number of hydrogen-bond acceptors (Lipinski definition) is 5. The van der Waals surface area contributed by atoms with E-state index in [0.717, 1.165) is 38.5 Å². The number of nitrogens with one attached hydrogen (secondary N) is 2. The van der Waals surface area contributed by atoms with Gasteiger partial charge in [-0.15, -0.1) is 0 Å². The molecule has 1 aliphatic heterocycles. The fourth-order valence-electron chi connectivity index (χ4n) is 4.73. The van der Waals surface area contributed by atoms with E-state index in [9.17, 15) is 14.4 Å². The van der Waals surface area contributed by atoms with Gasteiger partial charge in [-0.25, -0.2) is 0 Å². The third kappa shape index (κ3) is 4.64. The van der Waals surface area contributed by atoms with Gasteiger partial charge in [0.25, 0.3) is 11.8 Å². The highest BCUT2D eigenvalue weighted by molar-refractivity contribution is 6.06. The van der Waals surface area contributed by atoms with Gasteiger partial charge in [0, 0.05) is 30.4 Å². The first-order valence-electron chi connectivity index (χ1n) is 12.0. The molecular weight excluding hydrogens is 434 g/mol. The van der Waals surface area contributed by atoms with Crippen molar-refractivity contribution in [2.45, 2.75) is 70.5 Å². The Morgan fingerprint density at radius 2 is 2.00 bits per heavy atom. The minimum absolute atomic E-state index is 0.127. The maximum Gasteiger partial charge on any atom is 0.276 e. The molecule has 182 valence electrons. The molecule has 2 aromatic rings. The molecule has 34 heavy (non-hydrogen) atoms. The molecule has 0 radical (unpaired) electrons. The van der Waals surface area contributed by atoms with Crippen LogP contribution in [0, 0.1) is 0 Å². The van der Waals surface area contributed by atoms with E-state index in [1.165, 1.54) is 10.7 Å². The fourth-order valence-corrected chi connectivity index (χ4v) is 4.73. The first kappa shape index (κ1) is 23.8. The normalized spacial score (nSPS) is 20.2. The van der Waals surface area contributed by atoms with Crippen LogP contribution in [0.25, 0.3) is 0 Å². The molecule has 1 fully saturated rings. The minimum Gasteiger partial charge on any atom is -0.497 e. The van der Waals surface area contributed by atoms with Crippen molar-refractivity contribution in [1.29, 1.82) is 0 Å². The van der Waals surface area contributed by atoms with Crippen LogP contribution in [0.1, 0.15) is 73.3 Å². The highest BCUT2D eigenvalue weighted by atomic mass is 16.5.